The largest absolute Gasteiger partial charge is 0.497 e. The van der Waals surface area contributed by atoms with Crippen molar-refractivity contribution in [1.29, 1.82) is 0 Å². The Balaban J connectivity index is 1.52. The summed E-state index contributed by atoms with van der Waals surface area (Å²) in [6, 6.07) is 9.92. The van der Waals surface area contributed by atoms with Crippen LogP contribution in [0.1, 0.15) is 17.0 Å². The molecule has 0 unspecified atom stereocenters. The van der Waals surface area contributed by atoms with Crippen LogP contribution in [-0.2, 0) is 29.6 Å². The smallest absolute Gasteiger partial charge is 0.243 e. The van der Waals surface area contributed by atoms with Crippen molar-refractivity contribution in [2.75, 3.05) is 13.7 Å². The number of aromatic nitrogens is 2. The van der Waals surface area contributed by atoms with Gasteiger partial charge in [-0.1, -0.05) is 5.16 Å². The van der Waals surface area contributed by atoms with E-state index in [9.17, 15) is 8.42 Å². The van der Waals surface area contributed by atoms with Crippen molar-refractivity contribution in [3.05, 3.63) is 65.8 Å². The minimum atomic E-state index is -3.63. The molecule has 0 fully saturated rings. The molecule has 0 radical (unpaired) electrons. The van der Waals surface area contributed by atoms with Crippen LogP contribution in [0.2, 0.25) is 0 Å². The predicted octanol–water partition coefficient (Wildman–Crippen LogP) is 2.40. The Morgan fingerprint density at radius 2 is 2.00 bits per heavy atom. The lowest BCUT2D eigenvalue weighted by atomic mass is 10.1. The third kappa shape index (κ3) is 3.58. The molecule has 3 heterocycles. The molecule has 8 nitrogen and oxygen atoms in total. The topological polar surface area (TPSA) is 94.8 Å². The quantitative estimate of drug-likeness (QED) is 0.626. The maximum absolute atomic E-state index is 13.0. The second-order valence-corrected chi connectivity index (χ2v) is 8.21. The van der Waals surface area contributed by atoms with E-state index in [2.05, 4.69) is 10.1 Å². The lowest BCUT2D eigenvalue weighted by molar-refractivity contribution is 0.286. The molecule has 0 aliphatic carbocycles. The van der Waals surface area contributed by atoms with Gasteiger partial charge in [0.15, 0.2) is 0 Å². The summed E-state index contributed by atoms with van der Waals surface area (Å²) >= 11 is 0. The maximum Gasteiger partial charge on any atom is 0.243 e. The van der Waals surface area contributed by atoms with Crippen molar-refractivity contribution in [1.82, 2.24) is 14.4 Å². The Morgan fingerprint density at radius 3 is 2.71 bits per heavy atom. The van der Waals surface area contributed by atoms with E-state index in [1.54, 1.807) is 48.8 Å². The van der Waals surface area contributed by atoms with E-state index in [1.807, 2.05) is 0 Å². The zero-order valence-corrected chi connectivity index (χ0v) is 16.1. The molecule has 146 valence electrons. The van der Waals surface area contributed by atoms with Crippen molar-refractivity contribution in [3.63, 3.8) is 0 Å². The van der Waals surface area contributed by atoms with Gasteiger partial charge in [0.1, 0.15) is 29.6 Å². The molecule has 3 aromatic rings. The van der Waals surface area contributed by atoms with Crippen LogP contribution in [0.15, 0.2) is 58.2 Å². The normalized spacial score (nSPS) is 14.5. The van der Waals surface area contributed by atoms with Gasteiger partial charge in [-0.25, -0.2) is 8.42 Å². The molecule has 0 saturated heterocycles. The van der Waals surface area contributed by atoms with E-state index < -0.39 is 10.0 Å². The number of ether oxygens (including phenoxy) is 2. The third-order valence-corrected chi connectivity index (χ3v) is 6.44. The molecule has 1 aromatic carbocycles. The fraction of sp³-hybridized carbons (Fsp3) is 0.263. The van der Waals surface area contributed by atoms with Gasteiger partial charge in [-0.05, 0) is 36.4 Å². The molecule has 1 aliphatic rings. The lowest BCUT2D eigenvalue weighted by Gasteiger charge is -2.25. The van der Waals surface area contributed by atoms with Gasteiger partial charge in [0, 0.05) is 31.3 Å². The number of rotatable bonds is 6. The first kappa shape index (κ1) is 18.5. The third-order valence-electron chi connectivity index (χ3n) is 4.58. The highest BCUT2D eigenvalue weighted by Gasteiger charge is 2.32. The number of pyridine rings is 1. The van der Waals surface area contributed by atoms with Crippen molar-refractivity contribution >= 4 is 10.0 Å². The Kier molecular flexibility index (Phi) is 5.01. The number of hydrogen-bond acceptors (Lipinski definition) is 7. The van der Waals surface area contributed by atoms with Gasteiger partial charge in [-0.2, -0.15) is 4.31 Å². The molecule has 0 spiro atoms. The monoisotopic (exact) mass is 401 g/mol. The molecule has 4 rings (SSSR count). The molecule has 0 N–H and O–H groups in total. The number of nitrogens with zero attached hydrogens (tertiary/aromatic N) is 3. The van der Waals surface area contributed by atoms with Crippen LogP contribution >= 0.6 is 0 Å². The SMILES string of the molecule is COc1ccc(S(=O)(=O)N2CCc3onc(COc4cccnc4)c3C2)cc1. The van der Waals surface area contributed by atoms with Crippen molar-refractivity contribution in [3.8, 4) is 11.5 Å². The fourth-order valence-corrected chi connectivity index (χ4v) is 4.45. The van der Waals surface area contributed by atoms with Crippen molar-refractivity contribution in [2.45, 2.75) is 24.5 Å². The summed E-state index contributed by atoms with van der Waals surface area (Å²) in [5.74, 6) is 1.91. The van der Waals surface area contributed by atoms with Crippen LogP contribution < -0.4 is 9.47 Å². The number of benzene rings is 1. The van der Waals surface area contributed by atoms with Gasteiger partial charge in [-0.3, -0.25) is 4.98 Å². The summed E-state index contributed by atoms with van der Waals surface area (Å²) in [7, 11) is -2.10. The van der Waals surface area contributed by atoms with Gasteiger partial charge in [0.25, 0.3) is 0 Å². The standard InChI is InChI=1S/C19H19N3O5S/c1-25-14-4-6-16(7-5-14)28(23,24)22-10-8-19-17(12-22)18(21-27-19)13-26-15-3-2-9-20-11-15/h2-7,9,11H,8,10,12-13H2,1H3. The van der Waals surface area contributed by atoms with E-state index >= 15 is 0 Å². The van der Waals surface area contributed by atoms with Crippen LogP contribution in [-0.4, -0.2) is 36.5 Å². The van der Waals surface area contributed by atoms with E-state index in [0.29, 0.717) is 35.9 Å². The van der Waals surface area contributed by atoms with Gasteiger partial charge < -0.3 is 14.0 Å². The number of hydrogen-bond donors (Lipinski definition) is 0. The first-order valence-corrected chi connectivity index (χ1v) is 10.2. The van der Waals surface area contributed by atoms with E-state index in [0.717, 1.165) is 5.56 Å². The lowest BCUT2D eigenvalue weighted by Crippen LogP contribution is -2.36. The van der Waals surface area contributed by atoms with Gasteiger partial charge in [0.2, 0.25) is 10.0 Å². The molecular weight excluding hydrogens is 382 g/mol. The van der Waals surface area contributed by atoms with E-state index in [4.69, 9.17) is 14.0 Å². The zero-order valence-electron chi connectivity index (χ0n) is 15.2. The van der Waals surface area contributed by atoms with E-state index in [-0.39, 0.29) is 18.0 Å². The van der Waals surface area contributed by atoms with Crippen LogP contribution in [0, 0.1) is 0 Å². The molecular formula is C19H19N3O5S. The molecule has 1 aliphatic heterocycles. The van der Waals surface area contributed by atoms with Gasteiger partial charge >= 0.3 is 0 Å². The van der Waals surface area contributed by atoms with Crippen LogP contribution in [0.5, 0.6) is 11.5 Å². The van der Waals surface area contributed by atoms with Gasteiger partial charge in [0.05, 0.1) is 18.2 Å². The molecule has 0 atom stereocenters. The summed E-state index contributed by atoms with van der Waals surface area (Å²) in [6.07, 6.45) is 3.73. The molecule has 0 amide bonds. The summed E-state index contributed by atoms with van der Waals surface area (Å²) in [6.45, 7) is 0.708. The van der Waals surface area contributed by atoms with Crippen molar-refractivity contribution in [2.24, 2.45) is 0 Å². The molecule has 28 heavy (non-hydrogen) atoms. The zero-order chi connectivity index (χ0) is 19.6. The number of sulfonamides is 1. The minimum Gasteiger partial charge on any atom is -0.497 e. The first-order chi connectivity index (χ1) is 13.6. The van der Waals surface area contributed by atoms with Gasteiger partial charge in [-0.15, -0.1) is 0 Å². The summed E-state index contributed by atoms with van der Waals surface area (Å²) < 4.78 is 43.6. The average molecular weight is 401 g/mol. The highest BCUT2D eigenvalue weighted by Crippen LogP contribution is 2.28. The highest BCUT2D eigenvalue weighted by molar-refractivity contribution is 7.89. The van der Waals surface area contributed by atoms with Crippen molar-refractivity contribution < 1.29 is 22.4 Å². The second kappa shape index (κ2) is 7.61. The molecule has 2 aromatic heterocycles. The first-order valence-electron chi connectivity index (χ1n) is 8.71. The molecule has 9 heteroatoms. The fourth-order valence-electron chi connectivity index (χ4n) is 3.04. The minimum absolute atomic E-state index is 0.181. The average Bonchev–Trinajstić information content (AvgIpc) is 3.15. The second-order valence-electron chi connectivity index (χ2n) is 6.27. The van der Waals surface area contributed by atoms with E-state index in [1.165, 1.54) is 11.4 Å². The maximum atomic E-state index is 13.0. The molecule has 0 saturated carbocycles. The van der Waals surface area contributed by atoms with Crippen LogP contribution in [0.25, 0.3) is 0 Å². The Bertz CT molecular complexity index is 1050. The number of fused-ring (bicyclic) bond motifs is 1. The highest BCUT2D eigenvalue weighted by atomic mass is 32.2. The Hall–Kier alpha value is -2.91. The Labute approximate surface area is 162 Å². The summed E-state index contributed by atoms with van der Waals surface area (Å²) in [5, 5.41) is 4.07. The van der Waals surface area contributed by atoms with Crippen LogP contribution in [0.3, 0.4) is 0 Å². The summed E-state index contributed by atoms with van der Waals surface area (Å²) in [4.78, 5) is 4.22. The predicted molar refractivity (Wildman–Crippen MR) is 99.4 cm³/mol. The molecule has 0 bridgehead atoms. The number of methoxy groups -OCH3 is 1. The summed E-state index contributed by atoms with van der Waals surface area (Å²) in [5.41, 5.74) is 1.35. The van der Waals surface area contributed by atoms with Crippen LogP contribution in [0.4, 0.5) is 0 Å². The Morgan fingerprint density at radius 1 is 1.18 bits per heavy atom.